The summed E-state index contributed by atoms with van der Waals surface area (Å²) < 4.78 is 16.9. The van der Waals surface area contributed by atoms with Crippen LogP contribution in [0.25, 0.3) is 0 Å². The molecule has 0 aromatic carbocycles. The number of hydrogen-bond acceptors (Lipinski definition) is 6. The molecular formula is C73H134O6. The van der Waals surface area contributed by atoms with E-state index in [1.807, 2.05) is 0 Å². The summed E-state index contributed by atoms with van der Waals surface area (Å²) in [7, 11) is 0. The molecule has 0 aliphatic rings. The lowest BCUT2D eigenvalue weighted by molar-refractivity contribution is -0.167. The quantitative estimate of drug-likeness (QED) is 0.0261. The van der Waals surface area contributed by atoms with Crippen LogP contribution in [0, 0.1) is 0 Å². The van der Waals surface area contributed by atoms with E-state index >= 15 is 0 Å². The first-order chi connectivity index (χ1) is 39.0. The fourth-order valence-corrected chi connectivity index (χ4v) is 10.6. The van der Waals surface area contributed by atoms with Crippen LogP contribution in [0.5, 0.6) is 0 Å². The van der Waals surface area contributed by atoms with Gasteiger partial charge in [-0.3, -0.25) is 14.4 Å². The third kappa shape index (κ3) is 66.1. The number of esters is 3. The zero-order valence-electron chi connectivity index (χ0n) is 53.2. The van der Waals surface area contributed by atoms with E-state index in [0.717, 1.165) is 96.3 Å². The summed E-state index contributed by atoms with van der Waals surface area (Å²) in [6.45, 7) is 6.56. The van der Waals surface area contributed by atoms with E-state index in [9.17, 15) is 14.4 Å². The molecule has 6 nitrogen and oxygen atoms in total. The topological polar surface area (TPSA) is 78.9 Å². The normalized spacial score (nSPS) is 12.3. The summed E-state index contributed by atoms with van der Waals surface area (Å²) in [6, 6.07) is 0. The van der Waals surface area contributed by atoms with Gasteiger partial charge in [-0.1, -0.05) is 333 Å². The van der Waals surface area contributed by atoms with E-state index < -0.39 is 6.10 Å². The van der Waals surface area contributed by atoms with Gasteiger partial charge in [0.2, 0.25) is 0 Å². The maximum Gasteiger partial charge on any atom is 0.306 e. The molecule has 0 fully saturated rings. The zero-order chi connectivity index (χ0) is 57.1. The van der Waals surface area contributed by atoms with Gasteiger partial charge in [-0.15, -0.1) is 0 Å². The second-order valence-corrected chi connectivity index (χ2v) is 23.8. The van der Waals surface area contributed by atoms with Crippen molar-refractivity contribution in [2.45, 2.75) is 386 Å². The van der Waals surface area contributed by atoms with Crippen molar-refractivity contribution in [2.24, 2.45) is 0 Å². The lowest BCUT2D eigenvalue weighted by Crippen LogP contribution is -2.30. The van der Waals surface area contributed by atoms with E-state index in [1.165, 1.54) is 244 Å². The molecule has 0 radical (unpaired) electrons. The molecular weight excluding hydrogens is 973 g/mol. The molecule has 0 rings (SSSR count). The van der Waals surface area contributed by atoms with Crippen LogP contribution < -0.4 is 0 Å². The molecule has 0 saturated carbocycles. The number of allylic oxidation sites excluding steroid dienone is 8. The van der Waals surface area contributed by atoms with Gasteiger partial charge < -0.3 is 14.2 Å². The number of hydrogen-bond donors (Lipinski definition) is 0. The Balaban J connectivity index is 4.02. The number of carbonyl (C=O) groups excluding carboxylic acids is 3. The first kappa shape index (κ1) is 76.4. The molecule has 0 N–H and O–H groups in total. The molecule has 0 amide bonds. The predicted octanol–water partition coefficient (Wildman–Crippen LogP) is 24.1. The Labute approximate surface area is 492 Å². The van der Waals surface area contributed by atoms with Crippen LogP contribution in [0.4, 0.5) is 0 Å². The summed E-state index contributed by atoms with van der Waals surface area (Å²) in [6.07, 6.45) is 86.0. The molecule has 0 bridgehead atoms. The van der Waals surface area contributed by atoms with Gasteiger partial charge in [0, 0.05) is 19.3 Å². The Kier molecular flexibility index (Phi) is 65.6. The Morgan fingerprint density at radius 2 is 0.494 bits per heavy atom. The smallest absolute Gasteiger partial charge is 0.306 e. The molecule has 462 valence electrons. The van der Waals surface area contributed by atoms with Gasteiger partial charge in [-0.05, 0) is 77.0 Å². The zero-order valence-corrected chi connectivity index (χ0v) is 53.2. The minimum Gasteiger partial charge on any atom is -0.462 e. The van der Waals surface area contributed by atoms with Crippen LogP contribution in [0.2, 0.25) is 0 Å². The lowest BCUT2D eigenvalue weighted by atomic mass is 10.0. The van der Waals surface area contributed by atoms with Gasteiger partial charge in [-0.2, -0.15) is 0 Å². The van der Waals surface area contributed by atoms with Gasteiger partial charge >= 0.3 is 17.9 Å². The van der Waals surface area contributed by atoms with Crippen LogP contribution in [-0.4, -0.2) is 37.2 Å². The highest BCUT2D eigenvalue weighted by atomic mass is 16.6. The Morgan fingerprint density at radius 1 is 0.266 bits per heavy atom. The third-order valence-electron chi connectivity index (χ3n) is 15.8. The molecule has 1 atom stereocenters. The van der Waals surface area contributed by atoms with Crippen molar-refractivity contribution in [1.29, 1.82) is 0 Å². The second-order valence-electron chi connectivity index (χ2n) is 23.8. The molecule has 0 spiro atoms. The van der Waals surface area contributed by atoms with Crippen LogP contribution >= 0.6 is 0 Å². The highest BCUT2D eigenvalue weighted by molar-refractivity contribution is 5.71. The molecule has 0 aromatic rings. The Hall–Kier alpha value is -2.63. The summed E-state index contributed by atoms with van der Waals surface area (Å²) >= 11 is 0. The van der Waals surface area contributed by atoms with Gasteiger partial charge in [0.15, 0.2) is 6.10 Å². The Morgan fingerprint density at radius 3 is 0.785 bits per heavy atom. The van der Waals surface area contributed by atoms with Gasteiger partial charge in [0.05, 0.1) is 0 Å². The molecule has 0 aliphatic carbocycles. The van der Waals surface area contributed by atoms with Gasteiger partial charge in [-0.25, -0.2) is 0 Å². The van der Waals surface area contributed by atoms with Crippen molar-refractivity contribution in [3.05, 3.63) is 48.6 Å². The van der Waals surface area contributed by atoms with Crippen molar-refractivity contribution in [2.75, 3.05) is 13.2 Å². The average molecular weight is 1110 g/mol. The van der Waals surface area contributed by atoms with Crippen molar-refractivity contribution in [3.63, 3.8) is 0 Å². The summed E-state index contributed by atoms with van der Waals surface area (Å²) in [4.78, 5) is 38.2. The van der Waals surface area contributed by atoms with E-state index in [4.69, 9.17) is 14.2 Å². The van der Waals surface area contributed by atoms with E-state index in [2.05, 4.69) is 69.4 Å². The van der Waals surface area contributed by atoms with Crippen molar-refractivity contribution in [1.82, 2.24) is 0 Å². The Bertz CT molecular complexity index is 1360. The lowest BCUT2D eigenvalue weighted by Gasteiger charge is -2.18. The molecule has 6 heteroatoms. The fourth-order valence-electron chi connectivity index (χ4n) is 10.6. The maximum atomic E-state index is 12.9. The highest BCUT2D eigenvalue weighted by Gasteiger charge is 2.19. The van der Waals surface area contributed by atoms with Gasteiger partial charge in [0.1, 0.15) is 13.2 Å². The van der Waals surface area contributed by atoms with Crippen LogP contribution in [0.1, 0.15) is 380 Å². The summed E-state index contributed by atoms with van der Waals surface area (Å²) in [5, 5.41) is 0. The van der Waals surface area contributed by atoms with Crippen molar-refractivity contribution < 1.29 is 28.6 Å². The van der Waals surface area contributed by atoms with Crippen molar-refractivity contribution >= 4 is 17.9 Å². The molecule has 0 saturated heterocycles. The molecule has 0 aromatic heterocycles. The predicted molar refractivity (Wildman–Crippen MR) is 344 cm³/mol. The molecule has 0 aliphatic heterocycles. The van der Waals surface area contributed by atoms with E-state index in [0.29, 0.717) is 19.3 Å². The first-order valence-electron chi connectivity index (χ1n) is 35.1. The largest absolute Gasteiger partial charge is 0.462 e. The molecule has 1 unspecified atom stereocenters. The minimum atomic E-state index is -0.779. The number of unbranched alkanes of at least 4 members (excludes halogenated alkanes) is 46. The van der Waals surface area contributed by atoms with Crippen molar-refractivity contribution in [3.8, 4) is 0 Å². The fraction of sp³-hybridized carbons (Fsp3) is 0.849. The number of ether oxygens (including phenoxy) is 3. The first-order valence-corrected chi connectivity index (χ1v) is 35.1. The molecule has 0 heterocycles. The minimum absolute atomic E-state index is 0.0754. The van der Waals surface area contributed by atoms with E-state index in [1.54, 1.807) is 0 Å². The standard InChI is InChI=1S/C73H134O6/c1-4-7-10-13-16-19-22-24-26-27-28-29-30-31-32-33-34-35-36-37-38-39-40-41-42-43-44-45-47-48-51-54-57-60-63-66-72(75)78-69-70(68-77-71(74)65-62-59-56-53-50-21-18-15-12-9-6-3)79-73(76)67-64-61-58-55-52-49-46-25-23-20-17-14-11-8-5-2/h8,11,17,20,25,27-28,46,70H,4-7,9-10,12-16,18-19,21-24,26,29-45,47-69H2,1-3H3/b11-8-,20-17-,28-27-,46-25-. The van der Waals surface area contributed by atoms with Gasteiger partial charge in [0.25, 0.3) is 0 Å². The number of rotatable bonds is 65. The van der Waals surface area contributed by atoms with Crippen LogP contribution in [0.15, 0.2) is 48.6 Å². The van der Waals surface area contributed by atoms with E-state index in [-0.39, 0.29) is 31.1 Å². The summed E-state index contributed by atoms with van der Waals surface area (Å²) in [5.41, 5.74) is 0. The summed E-state index contributed by atoms with van der Waals surface area (Å²) in [5.74, 6) is -0.872. The molecule has 79 heavy (non-hydrogen) atoms. The second kappa shape index (κ2) is 67.9. The highest BCUT2D eigenvalue weighted by Crippen LogP contribution is 2.18. The SMILES string of the molecule is CC/C=C\C/C=C\C/C=C\CCCCCCCC(=O)OC(COC(=O)CCCCCCCCCCCCC)COC(=O)CCCCCCCCCCCCCCCCCCCCCCCCC/C=C\CCCCCCCCCC. The monoisotopic (exact) mass is 1110 g/mol. The van der Waals surface area contributed by atoms with Crippen LogP contribution in [0.3, 0.4) is 0 Å². The average Bonchev–Trinajstić information content (AvgIpc) is 3.45. The van der Waals surface area contributed by atoms with Crippen LogP contribution in [-0.2, 0) is 28.6 Å². The maximum absolute atomic E-state index is 12.9. The third-order valence-corrected chi connectivity index (χ3v) is 15.8. The number of carbonyl (C=O) groups is 3.